The van der Waals surface area contributed by atoms with E-state index in [-0.39, 0.29) is 25.4 Å². The van der Waals surface area contributed by atoms with Crippen molar-refractivity contribution in [1.29, 1.82) is 0 Å². The smallest absolute Gasteiger partial charge is 0.328 e. The number of aliphatic hydroxyl groups excluding tert-OH is 1. The summed E-state index contributed by atoms with van der Waals surface area (Å²) in [5.41, 5.74) is 1.18. The Balaban J connectivity index is 1.46. The number of para-hydroxylation sites is 2. The highest BCUT2D eigenvalue weighted by atomic mass is 16.3. The number of β-amino-alcohol motifs (C(OH)–C–C–N with tert-alkyl or cyclic N) is 1. The molecule has 1 aliphatic rings. The van der Waals surface area contributed by atoms with Crippen molar-refractivity contribution in [2.75, 3.05) is 13.1 Å². The molecule has 0 spiro atoms. The van der Waals surface area contributed by atoms with Gasteiger partial charge in [-0.1, -0.05) is 12.1 Å². The Hall–Kier alpha value is -3.20. The zero-order valence-electron chi connectivity index (χ0n) is 15.4. The molecule has 3 aromatic rings. The van der Waals surface area contributed by atoms with Gasteiger partial charge in [-0.15, -0.1) is 0 Å². The van der Waals surface area contributed by atoms with Crippen molar-refractivity contribution in [3.05, 3.63) is 63.2 Å². The zero-order chi connectivity index (χ0) is 19.8. The van der Waals surface area contributed by atoms with E-state index >= 15 is 0 Å². The van der Waals surface area contributed by atoms with Crippen LogP contribution >= 0.6 is 0 Å². The highest BCUT2D eigenvalue weighted by Gasteiger charge is 2.35. The molecule has 2 atom stereocenters. The molecule has 0 aliphatic carbocycles. The number of aromatic amines is 1. The van der Waals surface area contributed by atoms with E-state index in [0.29, 0.717) is 12.1 Å². The maximum Gasteiger partial charge on any atom is 0.328 e. The second-order valence-corrected chi connectivity index (χ2v) is 7.09. The molecule has 0 bridgehead atoms. The van der Waals surface area contributed by atoms with Crippen LogP contribution in [-0.4, -0.2) is 54.2 Å². The van der Waals surface area contributed by atoms with E-state index < -0.39 is 23.4 Å². The number of hydrogen-bond acceptors (Lipinski definition) is 5. The van der Waals surface area contributed by atoms with Crippen molar-refractivity contribution >= 4 is 16.9 Å². The SMILES string of the molecule is Cc1cn([C@@H]2CN(C(=O)CCn3cnc4ccccc43)C[C@H]2O)c(=O)[nH]c1=O. The van der Waals surface area contributed by atoms with Crippen LogP contribution in [-0.2, 0) is 11.3 Å². The molecule has 2 N–H and O–H groups in total. The Labute approximate surface area is 159 Å². The van der Waals surface area contributed by atoms with Crippen molar-refractivity contribution < 1.29 is 9.90 Å². The Kier molecular flexibility index (Phi) is 4.60. The van der Waals surface area contributed by atoms with Crippen LogP contribution < -0.4 is 11.2 Å². The van der Waals surface area contributed by atoms with Crippen LogP contribution in [0.15, 0.2) is 46.4 Å². The minimum atomic E-state index is -0.874. The first-order valence-electron chi connectivity index (χ1n) is 9.12. The molecule has 1 amide bonds. The summed E-state index contributed by atoms with van der Waals surface area (Å²) in [6, 6.07) is 7.12. The Morgan fingerprint density at radius 3 is 2.89 bits per heavy atom. The molecule has 1 saturated heterocycles. The van der Waals surface area contributed by atoms with Crippen LogP contribution in [0.4, 0.5) is 0 Å². The van der Waals surface area contributed by atoms with Crippen LogP contribution in [0.3, 0.4) is 0 Å². The van der Waals surface area contributed by atoms with E-state index in [2.05, 4.69) is 9.97 Å². The predicted molar refractivity (Wildman–Crippen MR) is 102 cm³/mol. The number of likely N-dealkylation sites (tertiary alicyclic amines) is 1. The summed E-state index contributed by atoms with van der Waals surface area (Å²) in [7, 11) is 0. The lowest BCUT2D eigenvalue weighted by Crippen LogP contribution is -2.37. The van der Waals surface area contributed by atoms with Gasteiger partial charge in [-0.3, -0.25) is 19.1 Å². The fourth-order valence-corrected chi connectivity index (χ4v) is 3.64. The molecule has 9 heteroatoms. The molecular formula is C19H21N5O4. The van der Waals surface area contributed by atoms with Gasteiger partial charge in [0, 0.05) is 37.8 Å². The average molecular weight is 383 g/mol. The van der Waals surface area contributed by atoms with Gasteiger partial charge in [0.2, 0.25) is 5.91 Å². The van der Waals surface area contributed by atoms with E-state index in [1.807, 2.05) is 28.8 Å². The molecule has 0 saturated carbocycles. The van der Waals surface area contributed by atoms with E-state index in [1.54, 1.807) is 18.2 Å². The number of fused-ring (bicyclic) bond motifs is 1. The van der Waals surface area contributed by atoms with E-state index in [0.717, 1.165) is 11.0 Å². The maximum atomic E-state index is 12.6. The number of H-pyrrole nitrogens is 1. The number of hydrogen-bond donors (Lipinski definition) is 2. The fourth-order valence-electron chi connectivity index (χ4n) is 3.64. The Bertz CT molecular complexity index is 1140. The molecule has 0 radical (unpaired) electrons. The quantitative estimate of drug-likeness (QED) is 0.660. The van der Waals surface area contributed by atoms with Gasteiger partial charge in [0.25, 0.3) is 5.56 Å². The molecule has 28 heavy (non-hydrogen) atoms. The second-order valence-electron chi connectivity index (χ2n) is 7.09. The summed E-state index contributed by atoms with van der Waals surface area (Å²) in [4.78, 5) is 44.4. The van der Waals surface area contributed by atoms with Gasteiger partial charge in [0.05, 0.1) is 29.5 Å². The zero-order valence-corrected chi connectivity index (χ0v) is 15.4. The minimum Gasteiger partial charge on any atom is -0.389 e. The number of rotatable bonds is 4. The normalized spacial score (nSPS) is 19.4. The minimum absolute atomic E-state index is 0.103. The maximum absolute atomic E-state index is 12.6. The van der Waals surface area contributed by atoms with Crippen molar-refractivity contribution in [3.63, 3.8) is 0 Å². The number of imidazole rings is 1. The van der Waals surface area contributed by atoms with Gasteiger partial charge in [-0.2, -0.15) is 0 Å². The highest BCUT2D eigenvalue weighted by Crippen LogP contribution is 2.22. The number of aryl methyl sites for hydroxylation is 2. The van der Waals surface area contributed by atoms with Crippen LogP contribution in [0.25, 0.3) is 11.0 Å². The standard InChI is InChI=1S/C19H21N5O4/c1-12-8-24(19(28)21-18(12)27)15-9-23(10-16(15)25)17(26)6-7-22-11-20-13-4-2-3-5-14(13)22/h2-5,8,11,15-16,25H,6-7,9-10H2,1H3,(H,21,27,28)/t15-,16-/m1/s1. The lowest BCUT2D eigenvalue weighted by atomic mass is 10.2. The van der Waals surface area contributed by atoms with E-state index in [9.17, 15) is 19.5 Å². The number of nitrogens with one attached hydrogen (secondary N) is 1. The predicted octanol–water partition coefficient (Wildman–Crippen LogP) is 0.0292. The number of benzene rings is 1. The van der Waals surface area contributed by atoms with Gasteiger partial charge in [-0.25, -0.2) is 9.78 Å². The van der Waals surface area contributed by atoms with Gasteiger partial charge >= 0.3 is 5.69 Å². The van der Waals surface area contributed by atoms with E-state index in [1.165, 1.54) is 10.8 Å². The molecule has 4 rings (SSSR count). The number of carbonyl (C=O) groups is 1. The second kappa shape index (κ2) is 7.08. The third kappa shape index (κ3) is 3.24. The van der Waals surface area contributed by atoms with Crippen molar-refractivity contribution in [2.24, 2.45) is 0 Å². The molecular weight excluding hydrogens is 362 g/mol. The molecule has 3 heterocycles. The molecule has 9 nitrogen and oxygen atoms in total. The third-order valence-corrected chi connectivity index (χ3v) is 5.21. The number of nitrogens with zero attached hydrogens (tertiary/aromatic N) is 4. The highest BCUT2D eigenvalue weighted by molar-refractivity contribution is 5.78. The van der Waals surface area contributed by atoms with Crippen LogP contribution in [0, 0.1) is 6.92 Å². The first-order chi connectivity index (χ1) is 13.4. The van der Waals surface area contributed by atoms with Gasteiger partial charge in [-0.05, 0) is 19.1 Å². The summed E-state index contributed by atoms with van der Waals surface area (Å²) >= 11 is 0. The fraction of sp³-hybridized carbons (Fsp3) is 0.368. The first-order valence-corrected chi connectivity index (χ1v) is 9.12. The first kappa shape index (κ1) is 18.2. The Morgan fingerprint density at radius 2 is 2.07 bits per heavy atom. The van der Waals surface area contributed by atoms with Crippen LogP contribution in [0.1, 0.15) is 18.0 Å². The number of aromatic nitrogens is 4. The van der Waals surface area contributed by atoms with Crippen LogP contribution in [0.5, 0.6) is 0 Å². The topological polar surface area (TPSA) is 113 Å². The third-order valence-electron chi connectivity index (χ3n) is 5.21. The largest absolute Gasteiger partial charge is 0.389 e. The summed E-state index contributed by atoms with van der Waals surface area (Å²) in [5.74, 6) is -0.103. The van der Waals surface area contributed by atoms with Gasteiger partial charge in [0.15, 0.2) is 0 Å². The average Bonchev–Trinajstić information content (AvgIpc) is 3.26. The molecule has 2 aromatic heterocycles. The molecule has 1 fully saturated rings. The molecule has 1 aliphatic heterocycles. The number of carbonyl (C=O) groups excluding carboxylic acids is 1. The van der Waals surface area contributed by atoms with Gasteiger partial charge in [0.1, 0.15) is 0 Å². The lowest BCUT2D eigenvalue weighted by Gasteiger charge is -2.18. The summed E-state index contributed by atoms with van der Waals surface area (Å²) in [6.07, 6.45) is 2.53. The Morgan fingerprint density at radius 1 is 1.29 bits per heavy atom. The number of aliphatic hydroxyl groups is 1. The molecule has 1 aromatic carbocycles. The molecule has 0 unspecified atom stereocenters. The van der Waals surface area contributed by atoms with Crippen molar-refractivity contribution in [2.45, 2.75) is 32.0 Å². The summed E-state index contributed by atoms with van der Waals surface area (Å²) < 4.78 is 3.23. The lowest BCUT2D eigenvalue weighted by molar-refractivity contribution is -0.130. The van der Waals surface area contributed by atoms with E-state index in [4.69, 9.17) is 0 Å². The molecule has 146 valence electrons. The van der Waals surface area contributed by atoms with Gasteiger partial charge < -0.3 is 14.6 Å². The van der Waals surface area contributed by atoms with Crippen LogP contribution in [0.2, 0.25) is 0 Å². The monoisotopic (exact) mass is 383 g/mol. The summed E-state index contributed by atoms with van der Waals surface area (Å²) in [5, 5.41) is 10.4. The van der Waals surface area contributed by atoms with Crippen molar-refractivity contribution in [1.82, 2.24) is 24.0 Å². The summed E-state index contributed by atoms with van der Waals surface area (Å²) in [6.45, 7) is 2.44. The van der Waals surface area contributed by atoms with Crippen molar-refractivity contribution in [3.8, 4) is 0 Å². The number of amides is 1.